The molecule has 0 saturated carbocycles. The number of fused-ring (bicyclic) bond motifs is 1. The van der Waals surface area contributed by atoms with Gasteiger partial charge in [0.15, 0.2) is 11.5 Å². The molecule has 1 aromatic carbocycles. The van der Waals surface area contributed by atoms with Gasteiger partial charge in [0.2, 0.25) is 12.5 Å². The van der Waals surface area contributed by atoms with Crippen LogP contribution in [-0.4, -0.2) is 39.8 Å². The Bertz CT molecular complexity index is 479. The van der Waals surface area contributed by atoms with Crippen molar-refractivity contribution in [3.05, 3.63) is 17.7 Å². The van der Waals surface area contributed by atoms with Gasteiger partial charge in [-0.1, -0.05) is 0 Å². The Morgan fingerprint density at radius 1 is 1.29 bits per heavy atom. The van der Waals surface area contributed by atoms with Crippen LogP contribution in [0, 0.1) is 0 Å². The van der Waals surface area contributed by atoms with E-state index in [-0.39, 0.29) is 13.4 Å². The number of benzene rings is 1. The van der Waals surface area contributed by atoms with Crippen LogP contribution >= 0.6 is 0 Å². The minimum Gasteiger partial charge on any atom is -0.493 e. The third-order valence-corrected chi connectivity index (χ3v) is 2.74. The predicted octanol–water partition coefficient (Wildman–Crippen LogP) is 2.09. The number of alkyl halides is 3. The molecule has 1 aliphatic rings. The van der Waals surface area contributed by atoms with Gasteiger partial charge in [-0.2, -0.15) is 13.2 Å². The molecular weight excluding hydrogens is 291 g/mol. The number of ether oxygens (including phenoxy) is 4. The van der Waals surface area contributed by atoms with Gasteiger partial charge < -0.3 is 24.3 Å². The van der Waals surface area contributed by atoms with E-state index in [2.05, 4.69) is 10.1 Å². The van der Waals surface area contributed by atoms with E-state index < -0.39 is 12.8 Å². The van der Waals surface area contributed by atoms with Crippen LogP contribution in [0.1, 0.15) is 5.56 Å². The number of methoxy groups -OCH3 is 1. The molecule has 0 saturated heterocycles. The number of rotatable bonds is 7. The average Bonchev–Trinajstić information content (AvgIpc) is 2.88. The predicted molar refractivity (Wildman–Crippen MR) is 67.7 cm³/mol. The van der Waals surface area contributed by atoms with Crippen LogP contribution in [-0.2, 0) is 11.3 Å². The van der Waals surface area contributed by atoms with Crippen molar-refractivity contribution in [3.63, 3.8) is 0 Å². The van der Waals surface area contributed by atoms with Crippen molar-refractivity contribution in [1.82, 2.24) is 5.32 Å². The SMILES string of the molecule is COc1cc(CNCCOCC(F)(F)F)cc2c1OCO2. The molecule has 0 amide bonds. The summed E-state index contributed by atoms with van der Waals surface area (Å²) in [5.41, 5.74) is 0.881. The molecule has 1 aliphatic heterocycles. The van der Waals surface area contributed by atoms with Gasteiger partial charge in [-0.25, -0.2) is 0 Å². The van der Waals surface area contributed by atoms with Gasteiger partial charge in [0.05, 0.1) is 13.7 Å². The van der Waals surface area contributed by atoms with Crippen molar-refractivity contribution in [1.29, 1.82) is 0 Å². The molecule has 0 aliphatic carbocycles. The molecule has 1 aromatic rings. The standard InChI is InChI=1S/C13H16F3NO4/c1-18-10-4-9(5-11-12(10)21-8-20-11)6-17-2-3-19-7-13(14,15)16/h4-5,17H,2-3,6-8H2,1H3. The zero-order chi connectivity index (χ0) is 15.3. The minimum absolute atomic E-state index is 0.0127. The van der Waals surface area contributed by atoms with Crippen LogP contribution in [0.2, 0.25) is 0 Å². The molecule has 2 rings (SSSR count). The second kappa shape index (κ2) is 6.86. The highest BCUT2D eigenvalue weighted by Crippen LogP contribution is 2.41. The first-order valence-electron chi connectivity index (χ1n) is 6.31. The summed E-state index contributed by atoms with van der Waals surface area (Å²) in [6, 6.07) is 3.59. The molecule has 118 valence electrons. The fourth-order valence-corrected chi connectivity index (χ4v) is 1.85. The lowest BCUT2D eigenvalue weighted by molar-refractivity contribution is -0.173. The summed E-state index contributed by atoms with van der Waals surface area (Å²) in [6.07, 6.45) is -4.29. The van der Waals surface area contributed by atoms with Gasteiger partial charge in [0.1, 0.15) is 6.61 Å². The van der Waals surface area contributed by atoms with Gasteiger partial charge in [-0.15, -0.1) is 0 Å². The van der Waals surface area contributed by atoms with E-state index in [4.69, 9.17) is 14.2 Å². The molecule has 5 nitrogen and oxygen atoms in total. The molecule has 0 fully saturated rings. The van der Waals surface area contributed by atoms with Crippen molar-refractivity contribution < 1.29 is 32.1 Å². The lowest BCUT2D eigenvalue weighted by atomic mass is 10.2. The van der Waals surface area contributed by atoms with Crippen LogP contribution in [0.4, 0.5) is 13.2 Å². The third-order valence-electron chi connectivity index (χ3n) is 2.74. The first kappa shape index (κ1) is 15.7. The van der Waals surface area contributed by atoms with Crippen molar-refractivity contribution in [3.8, 4) is 17.2 Å². The molecule has 0 atom stereocenters. The third kappa shape index (κ3) is 4.68. The van der Waals surface area contributed by atoms with Crippen LogP contribution < -0.4 is 19.5 Å². The number of hydrogen-bond donors (Lipinski definition) is 1. The lowest BCUT2D eigenvalue weighted by Crippen LogP contribution is -2.23. The highest BCUT2D eigenvalue weighted by molar-refractivity contribution is 5.55. The Labute approximate surface area is 119 Å². The Hall–Kier alpha value is -1.67. The Balaban J connectivity index is 1.76. The van der Waals surface area contributed by atoms with Crippen LogP contribution in [0.25, 0.3) is 0 Å². The second-order valence-electron chi connectivity index (χ2n) is 4.38. The normalized spacial score (nSPS) is 13.5. The van der Waals surface area contributed by atoms with Crippen molar-refractivity contribution >= 4 is 0 Å². The first-order chi connectivity index (χ1) is 9.99. The van der Waals surface area contributed by atoms with Crippen molar-refractivity contribution in [2.45, 2.75) is 12.7 Å². The molecule has 0 radical (unpaired) electrons. The van der Waals surface area contributed by atoms with Gasteiger partial charge >= 0.3 is 6.18 Å². The first-order valence-corrected chi connectivity index (χ1v) is 6.31. The summed E-state index contributed by atoms with van der Waals surface area (Å²) in [5.74, 6) is 1.73. The number of nitrogens with one attached hydrogen (secondary N) is 1. The topological polar surface area (TPSA) is 49.0 Å². The summed E-state index contributed by atoms with van der Waals surface area (Å²) < 4.78 is 55.8. The van der Waals surface area contributed by atoms with Gasteiger partial charge in [-0.3, -0.25) is 0 Å². The molecule has 21 heavy (non-hydrogen) atoms. The lowest BCUT2D eigenvalue weighted by Gasteiger charge is -2.10. The fourth-order valence-electron chi connectivity index (χ4n) is 1.85. The van der Waals surface area contributed by atoms with E-state index in [1.54, 1.807) is 12.1 Å². The summed E-state index contributed by atoms with van der Waals surface area (Å²) in [7, 11) is 1.53. The minimum atomic E-state index is -4.29. The molecule has 0 aromatic heterocycles. The summed E-state index contributed by atoms with van der Waals surface area (Å²) in [5, 5.41) is 2.99. The molecule has 1 N–H and O–H groups in total. The quantitative estimate of drug-likeness (QED) is 0.782. The molecule has 0 unspecified atom stereocenters. The van der Waals surface area contributed by atoms with Crippen molar-refractivity contribution in [2.75, 3.05) is 33.7 Å². The maximum absolute atomic E-state index is 11.9. The summed E-state index contributed by atoms with van der Waals surface area (Å²) in [4.78, 5) is 0. The maximum atomic E-state index is 11.9. The van der Waals surface area contributed by atoms with Gasteiger partial charge in [-0.05, 0) is 17.7 Å². The molecule has 1 heterocycles. The Kier molecular flexibility index (Phi) is 5.13. The zero-order valence-electron chi connectivity index (χ0n) is 11.5. The fraction of sp³-hybridized carbons (Fsp3) is 0.538. The molecular formula is C13H16F3NO4. The van der Waals surface area contributed by atoms with E-state index in [0.29, 0.717) is 30.3 Å². The van der Waals surface area contributed by atoms with E-state index in [1.807, 2.05) is 0 Å². The van der Waals surface area contributed by atoms with Crippen molar-refractivity contribution in [2.24, 2.45) is 0 Å². The second-order valence-corrected chi connectivity index (χ2v) is 4.38. The van der Waals surface area contributed by atoms with Crippen LogP contribution in [0.15, 0.2) is 12.1 Å². The zero-order valence-corrected chi connectivity index (χ0v) is 11.5. The Morgan fingerprint density at radius 2 is 2.10 bits per heavy atom. The van der Waals surface area contributed by atoms with Gasteiger partial charge in [0.25, 0.3) is 0 Å². The number of halogens is 3. The monoisotopic (exact) mass is 307 g/mol. The van der Waals surface area contributed by atoms with E-state index in [9.17, 15) is 13.2 Å². The maximum Gasteiger partial charge on any atom is 0.411 e. The molecule has 0 spiro atoms. The highest BCUT2D eigenvalue weighted by atomic mass is 19.4. The van der Waals surface area contributed by atoms with Crippen LogP contribution in [0.5, 0.6) is 17.2 Å². The smallest absolute Gasteiger partial charge is 0.411 e. The van der Waals surface area contributed by atoms with Gasteiger partial charge in [0, 0.05) is 13.1 Å². The van der Waals surface area contributed by atoms with E-state index in [1.165, 1.54) is 7.11 Å². The average molecular weight is 307 g/mol. The largest absolute Gasteiger partial charge is 0.493 e. The molecule has 0 bridgehead atoms. The summed E-state index contributed by atoms with van der Waals surface area (Å²) >= 11 is 0. The molecule has 8 heteroatoms. The van der Waals surface area contributed by atoms with Crippen LogP contribution in [0.3, 0.4) is 0 Å². The Morgan fingerprint density at radius 3 is 2.81 bits per heavy atom. The highest BCUT2D eigenvalue weighted by Gasteiger charge is 2.27. The summed E-state index contributed by atoms with van der Waals surface area (Å²) in [6.45, 7) is -0.323. The van der Waals surface area contributed by atoms with E-state index in [0.717, 1.165) is 5.56 Å². The van der Waals surface area contributed by atoms with E-state index >= 15 is 0 Å². The number of hydrogen-bond acceptors (Lipinski definition) is 5.